The summed E-state index contributed by atoms with van der Waals surface area (Å²) in [6.07, 6.45) is 3.10. The van der Waals surface area contributed by atoms with E-state index < -0.39 is 6.09 Å². The normalized spacial score (nSPS) is 18.5. The molecule has 1 saturated heterocycles. The molecule has 0 spiro atoms. The lowest BCUT2D eigenvalue weighted by Crippen LogP contribution is -2.57. The molecule has 0 radical (unpaired) electrons. The van der Waals surface area contributed by atoms with Crippen LogP contribution in [0.15, 0.2) is 73.1 Å². The van der Waals surface area contributed by atoms with E-state index in [4.69, 9.17) is 0 Å². The van der Waals surface area contributed by atoms with Crippen molar-refractivity contribution in [3.8, 4) is 0 Å². The second-order valence-corrected chi connectivity index (χ2v) is 7.96. The van der Waals surface area contributed by atoms with Gasteiger partial charge in [-0.05, 0) is 18.1 Å². The Bertz CT molecular complexity index is 934. The van der Waals surface area contributed by atoms with Crippen molar-refractivity contribution in [1.82, 2.24) is 19.6 Å². The molecule has 1 aromatic heterocycles. The number of hydrogen-bond acceptors (Lipinski definition) is 3. The van der Waals surface area contributed by atoms with E-state index in [1.165, 1.54) is 11.1 Å². The van der Waals surface area contributed by atoms with Gasteiger partial charge in [-0.2, -0.15) is 5.10 Å². The van der Waals surface area contributed by atoms with Crippen molar-refractivity contribution in [2.45, 2.75) is 24.9 Å². The molecule has 2 heterocycles. The number of rotatable bonds is 5. The summed E-state index contributed by atoms with van der Waals surface area (Å²) in [5, 5.41) is 14.1. The van der Waals surface area contributed by atoms with E-state index in [1.54, 1.807) is 4.90 Å². The summed E-state index contributed by atoms with van der Waals surface area (Å²) in [7, 11) is 1.92. The number of carboxylic acid groups (broad SMARTS) is 1. The summed E-state index contributed by atoms with van der Waals surface area (Å²) >= 11 is 0. The monoisotopic (exact) mass is 404 g/mol. The van der Waals surface area contributed by atoms with E-state index in [0.29, 0.717) is 19.6 Å². The van der Waals surface area contributed by atoms with Crippen LogP contribution in [0.4, 0.5) is 4.79 Å². The first kappa shape index (κ1) is 20.2. The average molecular weight is 405 g/mol. The molecule has 1 fully saturated rings. The van der Waals surface area contributed by atoms with Gasteiger partial charge >= 0.3 is 6.09 Å². The molecule has 1 amide bonds. The van der Waals surface area contributed by atoms with Gasteiger partial charge < -0.3 is 10.0 Å². The molecule has 1 unspecified atom stereocenters. The quantitative estimate of drug-likeness (QED) is 0.699. The van der Waals surface area contributed by atoms with Crippen molar-refractivity contribution in [3.05, 3.63) is 89.7 Å². The van der Waals surface area contributed by atoms with Crippen LogP contribution in [0.3, 0.4) is 0 Å². The van der Waals surface area contributed by atoms with Crippen LogP contribution in [0.25, 0.3) is 0 Å². The number of amides is 1. The lowest BCUT2D eigenvalue weighted by molar-refractivity contribution is 0.0386. The standard InChI is InChI=1S/C24H28N4O2/c1-18(21-15-25-26(2)16-21)28-14-13-27(24(29)30)17-22(28)23(19-9-5-3-6-10-19)20-11-7-4-8-12-20/h3-12,15-16,18,22-23H,13-14,17H2,1-2H3,(H,29,30)/t18?,22-/m0/s1. The maximum absolute atomic E-state index is 11.8. The smallest absolute Gasteiger partial charge is 0.407 e. The van der Waals surface area contributed by atoms with Gasteiger partial charge in [0.1, 0.15) is 0 Å². The van der Waals surface area contributed by atoms with Crippen molar-refractivity contribution in [1.29, 1.82) is 0 Å². The molecule has 1 aliphatic heterocycles. The number of nitrogens with zero attached hydrogens (tertiary/aromatic N) is 4. The number of benzene rings is 2. The topological polar surface area (TPSA) is 61.6 Å². The third-order valence-corrected chi connectivity index (χ3v) is 6.14. The SMILES string of the molecule is CC(c1cnn(C)c1)N1CCN(C(=O)O)C[C@H]1C(c1ccccc1)c1ccccc1. The zero-order chi connectivity index (χ0) is 21.1. The fourth-order valence-electron chi connectivity index (χ4n) is 4.58. The van der Waals surface area contributed by atoms with Crippen LogP contribution < -0.4 is 0 Å². The first-order valence-electron chi connectivity index (χ1n) is 10.4. The minimum Gasteiger partial charge on any atom is -0.465 e. The second kappa shape index (κ2) is 8.71. The summed E-state index contributed by atoms with van der Waals surface area (Å²) in [6, 6.07) is 21.0. The van der Waals surface area contributed by atoms with Gasteiger partial charge in [0.25, 0.3) is 0 Å². The van der Waals surface area contributed by atoms with E-state index >= 15 is 0 Å². The Morgan fingerprint density at radius 1 is 1.00 bits per heavy atom. The summed E-state index contributed by atoms with van der Waals surface area (Å²) in [5.74, 6) is 0.0636. The third-order valence-electron chi connectivity index (χ3n) is 6.14. The van der Waals surface area contributed by atoms with Gasteiger partial charge in [-0.25, -0.2) is 4.79 Å². The number of aryl methyl sites for hydroxylation is 1. The van der Waals surface area contributed by atoms with Gasteiger partial charge in [0.05, 0.1) is 6.20 Å². The molecule has 4 rings (SSSR count). The highest BCUT2D eigenvalue weighted by atomic mass is 16.4. The predicted molar refractivity (Wildman–Crippen MR) is 116 cm³/mol. The summed E-state index contributed by atoms with van der Waals surface area (Å²) in [4.78, 5) is 15.8. The van der Waals surface area contributed by atoms with Crippen LogP contribution in [0.5, 0.6) is 0 Å². The van der Waals surface area contributed by atoms with E-state index in [-0.39, 0.29) is 18.0 Å². The van der Waals surface area contributed by atoms with Gasteiger partial charge in [-0.15, -0.1) is 0 Å². The third kappa shape index (κ3) is 4.09. The summed E-state index contributed by atoms with van der Waals surface area (Å²) in [5.41, 5.74) is 3.54. The highest BCUT2D eigenvalue weighted by Gasteiger charge is 2.38. The lowest BCUT2D eigenvalue weighted by Gasteiger charge is -2.47. The van der Waals surface area contributed by atoms with Crippen molar-refractivity contribution in [2.75, 3.05) is 19.6 Å². The molecular formula is C24H28N4O2. The summed E-state index contributed by atoms with van der Waals surface area (Å²) in [6.45, 7) is 3.85. The second-order valence-electron chi connectivity index (χ2n) is 7.96. The van der Waals surface area contributed by atoms with Crippen LogP contribution in [0.1, 0.15) is 35.6 Å². The molecular weight excluding hydrogens is 376 g/mol. The fourth-order valence-corrected chi connectivity index (χ4v) is 4.58. The molecule has 30 heavy (non-hydrogen) atoms. The highest BCUT2D eigenvalue weighted by Crippen LogP contribution is 2.36. The van der Waals surface area contributed by atoms with Gasteiger partial charge in [0.15, 0.2) is 0 Å². The Hall–Kier alpha value is -3.12. The predicted octanol–water partition coefficient (Wildman–Crippen LogP) is 3.98. The number of carbonyl (C=O) groups is 1. The number of piperazine rings is 1. The molecule has 6 heteroatoms. The van der Waals surface area contributed by atoms with Crippen LogP contribution in [-0.4, -0.2) is 56.5 Å². The Balaban J connectivity index is 1.77. The van der Waals surface area contributed by atoms with E-state index in [0.717, 1.165) is 5.56 Å². The van der Waals surface area contributed by atoms with Crippen LogP contribution >= 0.6 is 0 Å². The minimum atomic E-state index is -0.853. The summed E-state index contributed by atoms with van der Waals surface area (Å²) < 4.78 is 1.82. The molecule has 6 nitrogen and oxygen atoms in total. The highest BCUT2D eigenvalue weighted by molar-refractivity contribution is 5.65. The Kier molecular flexibility index (Phi) is 5.86. The van der Waals surface area contributed by atoms with Crippen molar-refractivity contribution < 1.29 is 9.90 Å². The molecule has 0 aliphatic carbocycles. The Morgan fingerprint density at radius 2 is 1.60 bits per heavy atom. The molecule has 0 saturated carbocycles. The van der Waals surface area contributed by atoms with E-state index in [9.17, 15) is 9.90 Å². The fraction of sp³-hybridized carbons (Fsp3) is 0.333. The van der Waals surface area contributed by atoms with Crippen molar-refractivity contribution in [2.24, 2.45) is 7.05 Å². The first-order chi connectivity index (χ1) is 14.5. The van der Waals surface area contributed by atoms with Crippen molar-refractivity contribution >= 4 is 6.09 Å². The maximum Gasteiger partial charge on any atom is 0.407 e. The average Bonchev–Trinajstić information content (AvgIpc) is 3.21. The lowest BCUT2D eigenvalue weighted by atomic mass is 9.82. The van der Waals surface area contributed by atoms with Gasteiger partial charge in [-0.3, -0.25) is 9.58 Å². The zero-order valence-electron chi connectivity index (χ0n) is 17.4. The molecule has 156 valence electrons. The molecule has 2 atom stereocenters. The van der Waals surface area contributed by atoms with Gasteiger partial charge in [0, 0.05) is 56.4 Å². The van der Waals surface area contributed by atoms with Crippen LogP contribution in [0, 0.1) is 0 Å². The zero-order valence-corrected chi connectivity index (χ0v) is 17.4. The van der Waals surface area contributed by atoms with Gasteiger partial charge in [-0.1, -0.05) is 60.7 Å². The first-order valence-corrected chi connectivity index (χ1v) is 10.4. The molecule has 1 aliphatic rings. The Morgan fingerprint density at radius 3 is 2.10 bits per heavy atom. The van der Waals surface area contributed by atoms with E-state index in [1.807, 2.05) is 36.3 Å². The maximum atomic E-state index is 11.8. The van der Waals surface area contributed by atoms with Crippen molar-refractivity contribution in [3.63, 3.8) is 0 Å². The van der Waals surface area contributed by atoms with Crippen LogP contribution in [-0.2, 0) is 7.05 Å². The van der Waals surface area contributed by atoms with Crippen LogP contribution in [0.2, 0.25) is 0 Å². The molecule has 2 aromatic carbocycles. The largest absolute Gasteiger partial charge is 0.465 e. The molecule has 0 bridgehead atoms. The molecule has 1 N–H and O–H groups in total. The van der Waals surface area contributed by atoms with Gasteiger partial charge in [0.2, 0.25) is 0 Å². The molecule has 3 aromatic rings. The number of hydrogen-bond donors (Lipinski definition) is 1. The Labute approximate surface area is 177 Å². The minimum absolute atomic E-state index is 0.00913. The number of aromatic nitrogens is 2. The van der Waals surface area contributed by atoms with E-state index in [2.05, 4.69) is 65.5 Å².